The van der Waals surface area contributed by atoms with E-state index in [4.69, 9.17) is 0 Å². The molecule has 1 aliphatic heterocycles. The van der Waals surface area contributed by atoms with Gasteiger partial charge in [-0.25, -0.2) is 17.4 Å². The van der Waals surface area contributed by atoms with Gasteiger partial charge in [0, 0.05) is 24.2 Å². The van der Waals surface area contributed by atoms with E-state index in [0.717, 1.165) is 15.5 Å². The Balaban J connectivity index is 2.23. The molecule has 1 aliphatic rings. The first-order valence-corrected chi connectivity index (χ1v) is 10.0. The van der Waals surface area contributed by atoms with E-state index in [-0.39, 0.29) is 4.21 Å². The maximum absolute atomic E-state index is 12.4. The molecule has 1 aromatic heterocycles. The summed E-state index contributed by atoms with van der Waals surface area (Å²) in [4.78, 5) is 0. The lowest BCUT2D eigenvalue weighted by molar-refractivity contribution is 0.144. The van der Waals surface area contributed by atoms with Crippen LogP contribution in [0.2, 0.25) is 0 Å². The second-order valence-corrected chi connectivity index (χ2v) is 10.5. The van der Waals surface area contributed by atoms with E-state index in [2.05, 4.69) is 4.72 Å². The number of β-amino-alcohol motifs (C(OH)–C–C–N with tert-alkyl or cyclic N) is 1. The minimum atomic E-state index is -3.60. The van der Waals surface area contributed by atoms with E-state index in [0.29, 0.717) is 25.1 Å². The topological polar surface area (TPSA) is 69.6 Å². The maximum atomic E-state index is 12.4. The Kier molecular flexibility index (Phi) is 5.56. The van der Waals surface area contributed by atoms with Crippen molar-refractivity contribution in [3.8, 4) is 0 Å². The Labute approximate surface area is 139 Å². The Hall–Kier alpha value is -0.190. The first-order valence-electron chi connectivity index (χ1n) is 6.97. The van der Waals surface area contributed by atoms with Crippen LogP contribution in [0.15, 0.2) is 14.5 Å². The highest BCUT2D eigenvalue weighted by molar-refractivity contribution is 7.99. The molecule has 2 N–H and O–H groups in total. The average molecular weight is 369 g/mol. The molecular weight excluding hydrogens is 347 g/mol. The Morgan fingerprint density at radius 2 is 2.18 bits per heavy atom. The van der Waals surface area contributed by atoms with Crippen molar-refractivity contribution in [2.75, 3.05) is 19.8 Å². The van der Waals surface area contributed by atoms with Crippen molar-refractivity contribution >= 4 is 33.3 Å². The number of nitrogens with one attached hydrogen (secondary N) is 1. The summed E-state index contributed by atoms with van der Waals surface area (Å²) in [5.74, 6) is 0. The van der Waals surface area contributed by atoms with Gasteiger partial charge in [-0.1, -0.05) is 0 Å². The fourth-order valence-corrected chi connectivity index (χ4v) is 6.62. The minimum absolute atomic E-state index is 0.200. The molecule has 1 aromatic rings. The molecule has 2 rings (SSSR count). The summed E-state index contributed by atoms with van der Waals surface area (Å²) in [6.45, 7) is 5.83. The first kappa shape index (κ1) is 18.2. The number of thiophene rings is 1. The van der Waals surface area contributed by atoms with Gasteiger partial charge in [0.1, 0.15) is 4.21 Å². The van der Waals surface area contributed by atoms with E-state index >= 15 is 0 Å². The molecule has 0 bridgehead atoms. The van der Waals surface area contributed by atoms with E-state index < -0.39 is 28.3 Å². The summed E-state index contributed by atoms with van der Waals surface area (Å²) in [6.07, 6.45) is -0.345. The molecule has 22 heavy (non-hydrogen) atoms. The third-order valence-electron chi connectivity index (χ3n) is 2.90. The molecule has 0 radical (unpaired) electrons. The van der Waals surface area contributed by atoms with Gasteiger partial charge >= 0.3 is 0 Å². The van der Waals surface area contributed by atoms with Gasteiger partial charge in [-0.3, -0.25) is 4.39 Å². The van der Waals surface area contributed by atoms with Gasteiger partial charge in [-0.15, -0.1) is 11.3 Å². The highest BCUT2D eigenvalue weighted by Crippen LogP contribution is 2.43. The number of sulfonamides is 1. The standard InChI is InChI=1S/C13H21FN2O3S3/c1-13(2,3)15-22(18,19)11-7-9-10(17)8-16(6-4-5-14)21-12(9)20-11/h7,10,15,17H,4-6,8H2,1-3H3. The van der Waals surface area contributed by atoms with E-state index in [1.807, 2.05) is 4.31 Å². The van der Waals surface area contributed by atoms with Crippen molar-refractivity contribution in [2.45, 2.75) is 47.3 Å². The van der Waals surface area contributed by atoms with Crippen LogP contribution in [0, 0.1) is 0 Å². The van der Waals surface area contributed by atoms with Crippen LogP contribution in [0.5, 0.6) is 0 Å². The third kappa shape index (κ3) is 4.42. The van der Waals surface area contributed by atoms with Crippen LogP contribution in [0.3, 0.4) is 0 Å². The summed E-state index contributed by atoms with van der Waals surface area (Å²) < 4.78 is 42.5. The van der Waals surface area contributed by atoms with Crippen LogP contribution in [-0.2, 0) is 10.0 Å². The molecular formula is C13H21FN2O3S3. The number of nitrogens with zero attached hydrogens (tertiary/aromatic N) is 1. The number of halogens is 1. The maximum Gasteiger partial charge on any atom is 0.250 e. The molecule has 1 unspecified atom stereocenters. The van der Waals surface area contributed by atoms with Crippen LogP contribution in [0.25, 0.3) is 0 Å². The molecule has 1 atom stereocenters. The predicted molar refractivity (Wildman–Crippen MR) is 87.4 cm³/mol. The second kappa shape index (κ2) is 6.74. The molecule has 0 amide bonds. The Bertz CT molecular complexity index is 625. The number of hydrogen-bond donors (Lipinski definition) is 2. The van der Waals surface area contributed by atoms with Gasteiger partial charge in [0.2, 0.25) is 0 Å². The van der Waals surface area contributed by atoms with E-state index in [1.54, 1.807) is 20.8 Å². The van der Waals surface area contributed by atoms with Crippen LogP contribution in [0.1, 0.15) is 38.9 Å². The Morgan fingerprint density at radius 3 is 2.77 bits per heavy atom. The molecule has 0 saturated heterocycles. The van der Waals surface area contributed by atoms with Crippen LogP contribution >= 0.6 is 23.3 Å². The van der Waals surface area contributed by atoms with Crippen molar-refractivity contribution in [1.29, 1.82) is 0 Å². The Morgan fingerprint density at radius 1 is 1.50 bits per heavy atom. The highest BCUT2D eigenvalue weighted by Gasteiger charge is 2.31. The molecule has 5 nitrogen and oxygen atoms in total. The van der Waals surface area contributed by atoms with Crippen LogP contribution < -0.4 is 4.72 Å². The molecule has 9 heteroatoms. The van der Waals surface area contributed by atoms with Crippen molar-refractivity contribution in [3.05, 3.63) is 11.6 Å². The van der Waals surface area contributed by atoms with Gasteiger partial charge in [-0.2, -0.15) is 0 Å². The number of alkyl halides is 1. The molecule has 126 valence electrons. The molecule has 0 saturated carbocycles. The molecule has 0 fully saturated rings. The fourth-order valence-electron chi connectivity index (χ4n) is 2.07. The summed E-state index contributed by atoms with van der Waals surface area (Å²) in [5, 5.41) is 10.2. The third-order valence-corrected chi connectivity index (χ3v) is 7.54. The number of aliphatic hydroxyl groups excluding tert-OH is 1. The molecule has 0 aliphatic carbocycles. The summed E-state index contributed by atoms with van der Waals surface area (Å²) in [7, 11) is -3.60. The first-order chi connectivity index (χ1) is 10.1. The van der Waals surface area contributed by atoms with Crippen molar-refractivity contribution in [3.63, 3.8) is 0 Å². The van der Waals surface area contributed by atoms with Crippen LogP contribution in [-0.4, -0.2) is 43.1 Å². The van der Waals surface area contributed by atoms with Gasteiger partial charge < -0.3 is 5.11 Å². The molecule has 2 heterocycles. The lowest BCUT2D eigenvalue weighted by Gasteiger charge is -2.28. The zero-order valence-electron chi connectivity index (χ0n) is 12.8. The zero-order chi connectivity index (χ0) is 16.5. The minimum Gasteiger partial charge on any atom is -0.387 e. The number of rotatable bonds is 5. The predicted octanol–water partition coefficient (Wildman–Crippen LogP) is 2.54. The van der Waals surface area contributed by atoms with Crippen molar-refractivity contribution in [1.82, 2.24) is 9.03 Å². The number of aliphatic hydroxyl groups is 1. The van der Waals surface area contributed by atoms with Gasteiger partial charge in [0.05, 0.1) is 17.0 Å². The summed E-state index contributed by atoms with van der Waals surface area (Å²) in [6, 6.07) is 1.54. The van der Waals surface area contributed by atoms with E-state index in [1.165, 1.54) is 18.0 Å². The smallest absolute Gasteiger partial charge is 0.250 e. The second-order valence-electron chi connectivity index (χ2n) is 6.20. The molecule has 0 spiro atoms. The largest absolute Gasteiger partial charge is 0.387 e. The summed E-state index contributed by atoms with van der Waals surface area (Å²) in [5.41, 5.74) is 0.0724. The van der Waals surface area contributed by atoms with Gasteiger partial charge in [0.25, 0.3) is 10.0 Å². The molecule has 0 aromatic carbocycles. The van der Waals surface area contributed by atoms with E-state index in [9.17, 15) is 17.9 Å². The number of fused-ring (bicyclic) bond motifs is 1. The lowest BCUT2D eigenvalue weighted by Crippen LogP contribution is -2.40. The lowest BCUT2D eigenvalue weighted by atomic mass is 10.1. The normalized spacial score (nSPS) is 20.1. The van der Waals surface area contributed by atoms with Crippen molar-refractivity contribution < 1.29 is 17.9 Å². The van der Waals surface area contributed by atoms with Crippen molar-refractivity contribution in [2.24, 2.45) is 0 Å². The van der Waals surface area contributed by atoms with Gasteiger partial charge in [0.15, 0.2) is 0 Å². The average Bonchev–Trinajstić information content (AvgIpc) is 2.78. The number of hydrogen-bond acceptors (Lipinski definition) is 6. The van der Waals surface area contributed by atoms with Crippen LogP contribution in [0.4, 0.5) is 4.39 Å². The zero-order valence-corrected chi connectivity index (χ0v) is 15.2. The van der Waals surface area contributed by atoms with Gasteiger partial charge in [-0.05, 0) is 45.2 Å². The highest BCUT2D eigenvalue weighted by atomic mass is 32.3. The monoisotopic (exact) mass is 368 g/mol. The SMILES string of the molecule is CC(C)(C)NS(=O)(=O)c1cc2c(s1)SN(CCCF)CC2O. The summed E-state index contributed by atoms with van der Waals surface area (Å²) >= 11 is 2.53. The fraction of sp³-hybridized carbons (Fsp3) is 0.692. The quantitative estimate of drug-likeness (QED) is 0.782.